The lowest BCUT2D eigenvalue weighted by Crippen LogP contribution is -2.26. The first-order valence-electron chi connectivity index (χ1n) is 8.12. The minimum Gasteiger partial charge on any atom is -0.506 e. The topological polar surface area (TPSA) is 69.0 Å². The minimum absolute atomic E-state index is 0.157. The van der Waals surface area contributed by atoms with Crippen molar-refractivity contribution in [1.29, 1.82) is 0 Å². The van der Waals surface area contributed by atoms with Crippen LogP contribution in [0.2, 0.25) is 0 Å². The van der Waals surface area contributed by atoms with Crippen molar-refractivity contribution in [3.05, 3.63) is 65.6 Å². The number of carbonyl (C=O) groups excluding carboxylic acids is 1. The number of carbonyl (C=O) groups is 1. The molecule has 1 amide bonds. The number of aliphatic imine (C=N–C) groups is 1. The second-order valence-electron chi connectivity index (χ2n) is 6.12. The number of amidine groups is 1. The van der Waals surface area contributed by atoms with Crippen LogP contribution in [0.3, 0.4) is 0 Å². The molecule has 1 N–H and O–H groups in total. The van der Waals surface area contributed by atoms with E-state index in [4.69, 9.17) is 0 Å². The van der Waals surface area contributed by atoms with E-state index in [0.717, 1.165) is 5.56 Å². The number of nitrogens with zero attached hydrogens (tertiary/aromatic N) is 4. The van der Waals surface area contributed by atoms with Gasteiger partial charge in [-0.3, -0.25) is 14.7 Å². The summed E-state index contributed by atoms with van der Waals surface area (Å²) in [5.74, 6) is 0.535. The van der Waals surface area contributed by atoms with Crippen LogP contribution in [0.1, 0.15) is 11.1 Å². The fourth-order valence-corrected chi connectivity index (χ4v) is 2.58. The molecule has 2 heterocycles. The first-order chi connectivity index (χ1) is 12.5. The fourth-order valence-electron chi connectivity index (χ4n) is 2.58. The molecule has 0 fully saturated rings. The maximum absolute atomic E-state index is 12.4. The molecule has 26 heavy (non-hydrogen) atoms. The van der Waals surface area contributed by atoms with Gasteiger partial charge in [-0.05, 0) is 47.5 Å². The Labute approximate surface area is 152 Å². The molecule has 0 aliphatic carbocycles. The number of likely N-dealkylation sites (N-methyl/N-ethyl adjacent to an activating group) is 1. The first-order valence-corrected chi connectivity index (χ1v) is 8.12. The number of anilines is 1. The minimum atomic E-state index is -0.185. The van der Waals surface area contributed by atoms with Crippen molar-refractivity contribution >= 4 is 29.6 Å². The number of hydrogen-bond donors (Lipinski definition) is 1. The Hall–Kier alpha value is -3.41. The third-order valence-corrected chi connectivity index (χ3v) is 4.02. The zero-order valence-corrected chi connectivity index (χ0v) is 14.9. The lowest BCUT2D eigenvalue weighted by Gasteiger charge is -2.14. The highest BCUT2D eigenvalue weighted by atomic mass is 16.3. The van der Waals surface area contributed by atoms with Gasteiger partial charge in [0.2, 0.25) is 0 Å². The van der Waals surface area contributed by atoms with E-state index in [9.17, 15) is 9.90 Å². The SMILES string of the molecule is CN1C(=O)/C(=C/c2ccc(N(C)C)c(O)c2)N=C1/C=C/c1ccncc1. The second kappa shape index (κ2) is 7.23. The average molecular weight is 348 g/mol. The molecule has 132 valence electrons. The standard InChI is InChI=1S/C20H20N4O2/c1-23(2)17-6-4-15(13-18(17)25)12-16-20(26)24(3)19(22-16)7-5-14-8-10-21-11-9-14/h4-13,25H,1-3H3/b7-5+,16-12-. The maximum Gasteiger partial charge on any atom is 0.277 e. The van der Waals surface area contributed by atoms with E-state index >= 15 is 0 Å². The largest absolute Gasteiger partial charge is 0.506 e. The monoisotopic (exact) mass is 348 g/mol. The molecule has 1 aromatic carbocycles. The molecular formula is C20H20N4O2. The van der Waals surface area contributed by atoms with Gasteiger partial charge in [0.1, 0.15) is 17.3 Å². The zero-order chi connectivity index (χ0) is 18.7. The molecule has 0 saturated heterocycles. The molecule has 0 radical (unpaired) electrons. The van der Waals surface area contributed by atoms with E-state index in [1.165, 1.54) is 4.90 Å². The number of benzene rings is 1. The molecule has 0 bridgehead atoms. The first kappa shape index (κ1) is 17.4. The summed E-state index contributed by atoms with van der Waals surface area (Å²) in [5, 5.41) is 10.1. The van der Waals surface area contributed by atoms with E-state index in [2.05, 4.69) is 9.98 Å². The van der Waals surface area contributed by atoms with Gasteiger partial charge in [-0.15, -0.1) is 0 Å². The molecule has 1 aliphatic heterocycles. The van der Waals surface area contributed by atoms with Gasteiger partial charge in [-0.1, -0.05) is 12.1 Å². The van der Waals surface area contributed by atoms with Crippen LogP contribution in [0, 0.1) is 0 Å². The molecule has 0 saturated carbocycles. The Morgan fingerprint density at radius 3 is 2.46 bits per heavy atom. The fraction of sp³-hybridized carbons (Fsp3) is 0.150. The smallest absolute Gasteiger partial charge is 0.277 e. The molecule has 2 aromatic rings. The number of pyridine rings is 1. The molecule has 0 spiro atoms. The van der Waals surface area contributed by atoms with Crippen LogP contribution in [0.5, 0.6) is 5.75 Å². The summed E-state index contributed by atoms with van der Waals surface area (Å²) in [4.78, 5) is 24.1. The van der Waals surface area contributed by atoms with Gasteiger partial charge < -0.3 is 10.0 Å². The van der Waals surface area contributed by atoms with E-state index in [1.807, 2.05) is 43.3 Å². The lowest BCUT2D eigenvalue weighted by molar-refractivity contribution is -0.121. The highest BCUT2D eigenvalue weighted by molar-refractivity contribution is 6.18. The summed E-state index contributed by atoms with van der Waals surface area (Å²) >= 11 is 0. The second-order valence-corrected chi connectivity index (χ2v) is 6.12. The molecular weight excluding hydrogens is 328 g/mol. The van der Waals surface area contributed by atoms with Gasteiger partial charge in [-0.25, -0.2) is 4.99 Å². The third kappa shape index (κ3) is 3.64. The molecule has 6 nitrogen and oxygen atoms in total. The van der Waals surface area contributed by atoms with Crippen LogP contribution in [0.4, 0.5) is 5.69 Å². The highest BCUT2D eigenvalue weighted by Gasteiger charge is 2.25. The Balaban J connectivity index is 1.87. The number of aromatic nitrogens is 1. The molecule has 3 rings (SSSR count). The number of rotatable bonds is 4. The van der Waals surface area contributed by atoms with Crippen molar-refractivity contribution in [3.8, 4) is 5.75 Å². The summed E-state index contributed by atoms with van der Waals surface area (Å²) in [7, 11) is 5.40. The lowest BCUT2D eigenvalue weighted by atomic mass is 10.1. The summed E-state index contributed by atoms with van der Waals surface area (Å²) in [5.41, 5.74) is 2.74. The van der Waals surface area contributed by atoms with Crippen LogP contribution in [-0.2, 0) is 4.79 Å². The van der Waals surface area contributed by atoms with Gasteiger partial charge in [-0.2, -0.15) is 0 Å². The predicted molar refractivity (Wildman–Crippen MR) is 104 cm³/mol. The predicted octanol–water partition coefficient (Wildman–Crippen LogP) is 2.78. The van der Waals surface area contributed by atoms with Crippen LogP contribution < -0.4 is 4.90 Å². The Bertz CT molecular complexity index is 915. The summed E-state index contributed by atoms with van der Waals surface area (Å²) < 4.78 is 0. The van der Waals surface area contributed by atoms with Gasteiger partial charge in [0.25, 0.3) is 5.91 Å². The van der Waals surface area contributed by atoms with E-state index < -0.39 is 0 Å². The summed E-state index contributed by atoms with van der Waals surface area (Å²) in [6.45, 7) is 0. The van der Waals surface area contributed by atoms with Crippen LogP contribution in [0.25, 0.3) is 12.2 Å². The van der Waals surface area contributed by atoms with Crippen molar-refractivity contribution in [2.75, 3.05) is 26.0 Å². The number of phenolic OH excluding ortho intramolecular Hbond substituents is 1. The molecule has 0 unspecified atom stereocenters. The number of aromatic hydroxyl groups is 1. The molecule has 6 heteroatoms. The van der Waals surface area contributed by atoms with Crippen molar-refractivity contribution in [2.24, 2.45) is 4.99 Å². The van der Waals surface area contributed by atoms with Crippen LogP contribution in [-0.4, -0.2) is 47.9 Å². The highest BCUT2D eigenvalue weighted by Crippen LogP contribution is 2.28. The van der Waals surface area contributed by atoms with Gasteiger partial charge in [0.05, 0.1) is 5.69 Å². The van der Waals surface area contributed by atoms with Crippen molar-refractivity contribution in [2.45, 2.75) is 0 Å². The quantitative estimate of drug-likeness (QED) is 0.863. The van der Waals surface area contributed by atoms with E-state index in [-0.39, 0.29) is 11.7 Å². The van der Waals surface area contributed by atoms with Crippen LogP contribution >= 0.6 is 0 Å². The average Bonchev–Trinajstić information content (AvgIpc) is 2.88. The Morgan fingerprint density at radius 2 is 1.81 bits per heavy atom. The number of amides is 1. The van der Waals surface area contributed by atoms with Crippen LogP contribution in [0.15, 0.2) is 59.5 Å². The van der Waals surface area contributed by atoms with E-state index in [1.54, 1.807) is 43.7 Å². The number of phenols is 1. The molecule has 0 atom stereocenters. The van der Waals surface area contributed by atoms with E-state index in [0.29, 0.717) is 22.8 Å². The Morgan fingerprint density at radius 1 is 1.08 bits per heavy atom. The van der Waals surface area contributed by atoms with Gasteiger partial charge in [0, 0.05) is 33.5 Å². The number of hydrogen-bond acceptors (Lipinski definition) is 5. The summed E-state index contributed by atoms with van der Waals surface area (Å²) in [6, 6.07) is 9.02. The molecule has 1 aromatic heterocycles. The zero-order valence-electron chi connectivity index (χ0n) is 14.9. The van der Waals surface area contributed by atoms with Crippen molar-refractivity contribution in [3.63, 3.8) is 0 Å². The van der Waals surface area contributed by atoms with Gasteiger partial charge >= 0.3 is 0 Å². The normalized spacial score (nSPS) is 15.8. The van der Waals surface area contributed by atoms with Crippen molar-refractivity contribution < 1.29 is 9.90 Å². The maximum atomic E-state index is 12.4. The Kier molecular flexibility index (Phi) is 4.84. The summed E-state index contributed by atoms with van der Waals surface area (Å²) in [6.07, 6.45) is 8.76. The van der Waals surface area contributed by atoms with Crippen molar-refractivity contribution in [1.82, 2.24) is 9.88 Å². The van der Waals surface area contributed by atoms with Gasteiger partial charge in [0.15, 0.2) is 0 Å². The third-order valence-electron chi connectivity index (χ3n) is 4.02. The molecule has 1 aliphatic rings.